The number of nitrogens with two attached hydrogens (primary N) is 2. The Balaban J connectivity index is 2.12. The molecule has 1 aromatic heterocycles. The second kappa shape index (κ2) is 6.15. The van der Waals surface area contributed by atoms with E-state index >= 15 is 0 Å². The third-order valence-electron chi connectivity index (χ3n) is 2.42. The number of carbonyl (C=O) groups is 2. The van der Waals surface area contributed by atoms with Crippen molar-refractivity contribution in [3.63, 3.8) is 0 Å². The van der Waals surface area contributed by atoms with Gasteiger partial charge in [0.25, 0.3) is 11.8 Å². The molecule has 0 bridgehead atoms. The van der Waals surface area contributed by atoms with E-state index in [4.69, 9.17) is 11.0 Å². The Labute approximate surface area is 128 Å². The van der Waals surface area contributed by atoms with Crippen LogP contribution in [0, 0.1) is 0 Å². The highest BCUT2D eigenvalue weighted by atomic mass is 32.2. The molecular weight excluding hydrogens is 332 g/mol. The molecule has 116 valence electrons. The molecule has 2 amide bonds. The fourth-order valence-corrected chi connectivity index (χ4v) is 2.55. The summed E-state index contributed by atoms with van der Waals surface area (Å²) in [6.07, 6.45) is 0. The zero-order chi connectivity index (χ0) is 16.3. The standard InChI is InChI=1S/C10H10N6O4S2/c11-14-8(18)9-15-16-10(21-9)13-7(17)5-1-3-6(4-2-5)22(12,19)20/h1-4H,11H2,(H,14,18)(H2,12,19,20)(H,13,16,17). The van der Waals surface area contributed by atoms with E-state index in [1.807, 2.05) is 5.43 Å². The summed E-state index contributed by atoms with van der Waals surface area (Å²) in [5.74, 6) is 3.77. The third-order valence-corrected chi connectivity index (χ3v) is 4.18. The Morgan fingerprint density at radius 3 is 2.27 bits per heavy atom. The lowest BCUT2D eigenvalue weighted by Crippen LogP contribution is -2.29. The van der Waals surface area contributed by atoms with Crippen molar-refractivity contribution in [1.82, 2.24) is 15.6 Å². The van der Waals surface area contributed by atoms with Crippen LogP contribution < -0.4 is 21.7 Å². The Morgan fingerprint density at radius 1 is 1.09 bits per heavy atom. The van der Waals surface area contributed by atoms with E-state index < -0.39 is 21.8 Å². The smallest absolute Gasteiger partial charge is 0.296 e. The van der Waals surface area contributed by atoms with Crippen molar-refractivity contribution < 1.29 is 18.0 Å². The predicted octanol–water partition coefficient (Wildman–Crippen LogP) is -0.959. The predicted molar refractivity (Wildman–Crippen MR) is 77.3 cm³/mol. The number of hydrogen-bond donors (Lipinski definition) is 4. The Kier molecular flexibility index (Phi) is 4.46. The average Bonchev–Trinajstić information content (AvgIpc) is 2.94. The van der Waals surface area contributed by atoms with Crippen molar-refractivity contribution >= 4 is 38.3 Å². The number of sulfonamides is 1. The number of rotatable bonds is 4. The lowest BCUT2D eigenvalue weighted by Gasteiger charge is -2.02. The molecule has 10 nitrogen and oxygen atoms in total. The van der Waals surface area contributed by atoms with Crippen molar-refractivity contribution in [2.24, 2.45) is 11.0 Å². The lowest BCUT2D eigenvalue weighted by molar-refractivity contribution is 0.0951. The van der Waals surface area contributed by atoms with Crippen LogP contribution in [0.2, 0.25) is 0 Å². The SMILES string of the molecule is NNC(=O)c1nnc(NC(=O)c2ccc(S(N)(=O)=O)cc2)s1. The van der Waals surface area contributed by atoms with Crippen LogP contribution in [0.15, 0.2) is 29.2 Å². The summed E-state index contributed by atoms with van der Waals surface area (Å²) in [5, 5.41) is 14.6. The number of primary sulfonamides is 1. The van der Waals surface area contributed by atoms with Gasteiger partial charge in [0, 0.05) is 5.56 Å². The minimum atomic E-state index is -3.82. The van der Waals surface area contributed by atoms with Gasteiger partial charge in [-0.15, -0.1) is 10.2 Å². The van der Waals surface area contributed by atoms with Crippen LogP contribution in [0.1, 0.15) is 20.2 Å². The highest BCUT2D eigenvalue weighted by molar-refractivity contribution is 7.89. The first kappa shape index (κ1) is 16.0. The summed E-state index contributed by atoms with van der Waals surface area (Å²) >= 11 is 0.834. The molecular formula is C10H10N6O4S2. The summed E-state index contributed by atoms with van der Waals surface area (Å²) in [7, 11) is -3.82. The molecule has 0 fully saturated rings. The molecule has 0 radical (unpaired) electrons. The number of anilines is 1. The number of hydrazine groups is 1. The number of nitrogen functional groups attached to an aromatic ring is 1. The highest BCUT2D eigenvalue weighted by Gasteiger charge is 2.15. The molecule has 0 aliphatic carbocycles. The van der Waals surface area contributed by atoms with E-state index in [9.17, 15) is 18.0 Å². The minimum Gasteiger partial charge on any atom is -0.296 e. The number of amides is 2. The van der Waals surface area contributed by atoms with E-state index in [0.717, 1.165) is 11.3 Å². The molecule has 1 heterocycles. The zero-order valence-electron chi connectivity index (χ0n) is 10.8. The third kappa shape index (κ3) is 3.62. The first-order chi connectivity index (χ1) is 10.3. The number of benzene rings is 1. The topological polar surface area (TPSA) is 170 Å². The molecule has 12 heteroatoms. The molecule has 0 spiro atoms. The molecule has 2 aromatic rings. The molecule has 0 aliphatic heterocycles. The van der Waals surface area contributed by atoms with Gasteiger partial charge in [-0.1, -0.05) is 11.3 Å². The summed E-state index contributed by atoms with van der Waals surface area (Å²) in [4.78, 5) is 23.0. The van der Waals surface area contributed by atoms with Gasteiger partial charge in [-0.2, -0.15) is 0 Å². The van der Waals surface area contributed by atoms with Crippen molar-refractivity contribution in [3.05, 3.63) is 34.8 Å². The molecule has 0 saturated heterocycles. The van der Waals surface area contributed by atoms with E-state index in [-0.39, 0.29) is 20.6 Å². The van der Waals surface area contributed by atoms with Crippen molar-refractivity contribution in [3.8, 4) is 0 Å². The zero-order valence-corrected chi connectivity index (χ0v) is 12.4. The van der Waals surface area contributed by atoms with Crippen LogP contribution in [0.4, 0.5) is 5.13 Å². The van der Waals surface area contributed by atoms with Crippen LogP contribution in [-0.2, 0) is 10.0 Å². The van der Waals surface area contributed by atoms with Gasteiger partial charge in [-0.05, 0) is 24.3 Å². The number of aromatic nitrogens is 2. The van der Waals surface area contributed by atoms with Gasteiger partial charge >= 0.3 is 0 Å². The maximum Gasteiger partial charge on any atom is 0.296 e. The van der Waals surface area contributed by atoms with Crippen LogP contribution >= 0.6 is 11.3 Å². The largest absolute Gasteiger partial charge is 0.296 e. The first-order valence-electron chi connectivity index (χ1n) is 5.60. The van der Waals surface area contributed by atoms with Crippen LogP contribution in [-0.4, -0.2) is 30.4 Å². The summed E-state index contributed by atoms with van der Waals surface area (Å²) in [6, 6.07) is 5.00. The van der Waals surface area contributed by atoms with Crippen LogP contribution in [0.5, 0.6) is 0 Å². The molecule has 6 N–H and O–H groups in total. The van der Waals surface area contributed by atoms with Gasteiger partial charge in [0.2, 0.25) is 20.2 Å². The van der Waals surface area contributed by atoms with Gasteiger partial charge in [0.05, 0.1) is 4.90 Å². The Bertz CT molecular complexity index is 814. The molecule has 2 rings (SSSR count). The maximum absolute atomic E-state index is 11.9. The van der Waals surface area contributed by atoms with Gasteiger partial charge in [0.1, 0.15) is 0 Å². The van der Waals surface area contributed by atoms with Crippen LogP contribution in [0.25, 0.3) is 0 Å². The monoisotopic (exact) mass is 342 g/mol. The first-order valence-corrected chi connectivity index (χ1v) is 7.96. The molecule has 0 atom stereocenters. The molecule has 22 heavy (non-hydrogen) atoms. The van der Waals surface area contributed by atoms with Gasteiger partial charge in [0.15, 0.2) is 0 Å². The number of carbonyl (C=O) groups excluding carboxylic acids is 2. The fraction of sp³-hybridized carbons (Fsp3) is 0. The Hall–Kier alpha value is -2.41. The quantitative estimate of drug-likeness (QED) is 0.315. The van der Waals surface area contributed by atoms with E-state index in [1.54, 1.807) is 0 Å². The van der Waals surface area contributed by atoms with Crippen molar-refractivity contribution in [2.75, 3.05) is 5.32 Å². The second-order valence-electron chi connectivity index (χ2n) is 3.91. The maximum atomic E-state index is 11.9. The van der Waals surface area contributed by atoms with Gasteiger partial charge in [-0.3, -0.25) is 20.3 Å². The second-order valence-corrected chi connectivity index (χ2v) is 6.45. The summed E-state index contributed by atoms with van der Waals surface area (Å²) in [5.41, 5.74) is 2.07. The molecule has 0 saturated carbocycles. The van der Waals surface area contributed by atoms with E-state index in [2.05, 4.69) is 15.5 Å². The number of nitrogens with zero attached hydrogens (tertiary/aromatic N) is 2. The number of hydrogen-bond acceptors (Lipinski definition) is 8. The molecule has 1 aromatic carbocycles. The highest BCUT2D eigenvalue weighted by Crippen LogP contribution is 2.16. The summed E-state index contributed by atoms with van der Waals surface area (Å²) in [6.45, 7) is 0. The van der Waals surface area contributed by atoms with Gasteiger partial charge in [-0.25, -0.2) is 19.4 Å². The Morgan fingerprint density at radius 2 is 1.73 bits per heavy atom. The normalized spacial score (nSPS) is 11.0. The van der Waals surface area contributed by atoms with E-state index in [0.29, 0.717) is 0 Å². The van der Waals surface area contributed by atoms with Crippen molar-refractivity contribution in [1.29, 1.82) is 0 Å². The lowest BCUT2D eigenvalue weighted by atomic mass is 10.2. The average molecular weight is 342 g/mol. The fourth-order valence-electron chi connectivity index (χ4n) is 1.39. The van der Waals surface area contributed by atoms with Crippen LogP contribution in [0.3, 0.4) is 0 Å². The minimum absolute atomic E-state index is 0.0117. The number of nitrogens with one attached hydrogen (secondary N) is 2. The molecule has 0 unspecified atom stereocenters. The van der Waals surface area contributed by atoms with Gasteiger partial charge < -0.3 is 0 Å². The van der Waals surface area contributed by atoms with E-state index in [1.165, 1.54) is 24.3 Å². The van der Waals surface area contributed by atoms with Crippen molar-refractivity contribution in [2.45, 2.75) is 4.90 Å². The molecule has 0 aliphatic rings. The summed E-state index contributed by atoms with van der Waals surface area (Å²) < 4.78 is 22.2.